The molecule has 12 nitrogen and oxygen atoms in total. The molecule has 252 valence electrons. The molecule has 4 aromatic rings. The fourth-order valence-electron chi connectivity index (χ4n) is 6.24. The van der Waals surface area contributed by atoms with E-state index in [9.17, 15) is 24.3 Å². The summed E-state index contributed by atoms with van der Waals surface area (Å²) < 4.78 is 0. The second-order valence-electron chi connectivity index (χ2n) is 11.6. The number of carbonyl (C=O) groups excluding carboxylic acids is 3. The van der Waals surface area contributed by atoms with E-state index in [-0.39, 0.29) is 33.9 Å². The predicted molar refractivity (Wildman–Crippen MR) is 189 cm³/mol. The Kier molecular flexibility index (Phi) is 8.95. The molecule has 3 aliphatic rings. The van der Waals surface area contributed by atoms with Crippen LogP contribution in [0.4, 0.5) is 5.13 Å². The van der Waals surface area contributed by atoms with Crippen LogP contribution < -0.4 is 16.4 Å². The number of hydrogen-bond acceptors (Lipinski definition) is 10. The van der Waals surface area contributed by atoms with Crippen molar-refractivity contribution in [3.63, 3.8) is 0 Å². The summed E-state index contributed by atoms with van der Waals surface area (Å²) in [6, 6.07) is 27.4. The van der Waals surface area contributed by atoms with Crippen LogP contribution in [0.1, 0.15) is 28.8 Å². The first-order chi connectivity index (χ1) is 24.3. The molecule has 0 unspecified atom stereocenters. The van der Waals surface area contributed by atoms with Crippen LogP contribution >= 0.6 is 23.1 Å². The first-order valence-electron chi connectivity index (χ1n) is 15.6. The topological polar surface area (TPSA) is 176 Å². The number of benzene rings is 3. The number of β-lactam (4-membered cyclic amide) rings is 1. The van der Waals surface area contributed by atoms with Gasteiger partial charge in [0.2, 0.25) is 11.5 Å². The largest absolute Gasteiger partial charge is 0.477 e. The van der Waals surface area contributed by atoms with Crippen LogP contribution in [-0.2, 0) is 29.6 Å². The number of carbonyl (C=O) groups is 4. The molecule has 3 aromatic carbocycles. The van der Waals surface area contributed by atoms with E-state index >= 15 is 0 Å². The number of thioether (sulfide) groups is 1. The summed E-state index contributed by atoms with van der Waals surface area (Å²) in [6.07, 6.45) is 2.00. The molecule has 2 atom stereocenters. The summed E-state index contributed by atoms with van der Waals surface area (Å²) in [4.78, 5) is 64.2. The molecule has 3 aliphatic heterocycles. The third-order valence-corrected chi connectivity index (χ3v) is 10.6. The minimum absolute atomic E-state index is 0.142. The van der Waals surface area contributed by atoms with Gasteiger partial charge in [-0.2, -0.15) is 0 Å². The smallest absolute Gasteiger partial charge is 0.352 e. The van der Waals surface area contributed by atoms with Gasteiger partial charge in [-0.3, -0.25) is 19.3 Å². The van der Waals surface area contributed by atoms with E-state index in [1.54, 1.807) is 11.5 Å². The van der Waals surface area contributed by atoms with Crippen molar-refractivity contribution in [3.05, 3.63) is 142 Å². The van der Waals surface area contributed by atoms with Crippen LogP contribution in [0.15, 0.2) is 124 Å². The number of nitrogens with two attached hydrogens (primary N) is 1. The third-order valence-electron chi connectivity index (χ3n) is 8.60. The minimum atomic E-state index is -1.30. The molecule has 2 saturated heterocycles. The van der Waals surface area contributed by atoms with E-state index in [0.29, 0.717) is 24.1 Å². The van der Waals surface area contributed by atoms with Crippen LogP contribution in [0, 0.1) is 0 Å². The first-order valence-corrected chi connectivity index (χ1v) is 17.6. The lowest BCUT2D eigenvalue weighted by atomic mass is 9.80. The van der Waals surface area contributed by atoms with E-state index < -0.39 is 34.8 Å². The number of rotatable bonds is 10. The van der Waals surface area contributed by atoms with Crippen LogP contribution in [0.3, 0.4) is 0 Å². The Hall–Kier alpha value is -5.73. The second kappa shape index (κ2) is 13.6. The molecule has 50 heavy (non-hydrogen) atoms. The maximum absolute atomic E-state index is 14.1. The fraction of sp³-hybridized carbons (Fsp3) is 0.167. The number of aromatic nitrogens is 1. The van der Waals surface area contributed by atoms with Gasteiger partial charge in [-0.05, 0) is 18.1 Å². The first kappa shape index (κ1) is 32.8. The lowest BCUT2D eigenvalue weighted by molar-refractivity contribution is -0.150. The Labute approximate surface area is 294 Å². The second-order valence-corrected chi connectivity index (χ2v) is 13.6. The number of fused-ring (bicyclic) bond motifs is 1. The fourth-order valence-corrected chi connectivity index (χ4v) is 8.09. The van der Waals surface area contributed by atoms with Gasteiger partial charge in [0.15, 0.2) is 10.8 Å². The molecule has 3 amide bonds. The van der Waals surface area contributed by atoms with E-state index in [0.717, 1.165) is 32.9 Å². The number of hydrogen-bond donors (Lipinski definition) is 4. The van der Waals surface area contributed by atoms with Crippen molar-refractivity contribution in [2.45, 2.75) is 23.4 Å². The molecule has 0 radical (unpaired) electrons. The maximum Gasteiger partial charge on any atom is 0.352 e. The van der Waals surface area contributed by atoms with Gasteiger partial charge in [-0.1, -0.05) is 96.2 Å². The van der Waals surface area contributed by atoms with Gasteiger partial charge in [-0.15, -0.1) is 23.1 Å². The van der Waals surface area contributed by atoms with Gasteiger partial charge < -0.3 is 26.3 Å². The highest BCUT2D eigenvalue weighted by Gasteiger charge is 2.54. The van der Waals surface area contributed by atoms with Gasteiger partial charge in [0, 0.05) is 39.9 Å². The van der Waals surface area contributed by atoms with Crippen molar-refractivity contribution < 1.29 is 29.1 Å². The Bertz CT molecular complexity index is 1970. The van der Waals surface area contributed by atoms with E-state index in [1.165, 1.54) is 11.8 Å². The number of oxime groups is 1. The van der Waals surface area contributed by atoms with E-state index in [4.69, 9.17) is 10.6 Å². The molecule has 1 aromatic heterocycles. The number of anilines is 1. The molecule has 0 saturated carbocycles. The van der Waals surface area contributed by atoms with Crippen molar-refractivity contribution in [2.24, 2.45) is 5.16 Å². The van der Waals surface area contributed by atoms with Crippen molar-refractivity contribution in [1.82, 2.24) is 20.5 Å². The zero-order chi connectivity index (χ0) is 34.8. The summed E-state index contributed by atoms with van der Waals surface area (Å²) in [5.74, 6) is -2.70. The lowest BCUT2D eigenvalue weighted by Crippen LogP contribution is -2.71. The number of thiazole rings is 1. The highest BCUT2D eigenvalue weighted by molar-refractivity contribution is 8.00. The van der Waals surface area contributed by atoms with Gasteiger partial charge >= 0.3 is 5.97 Å². The quantitative estimate of drug-likeness (QED) is 0.0631. The zero-order valence-corrected chi connectivity index (χ0v) is 27.9. The molecule has 0 bridgehead atoms. The molecular weight excluding hydrogens is 677 g/mol. The number of allylic oxidation sites excluding steroid dienone is 1. The SMILES string of the molecule is Nc1nc(/C(=N/OC(c2ccccc2)(c2ccccc2)c2ccccc2)C(=O)N[C@@H]2C(=O)N3C(C(=O)O)=C(/C=C4\CCNC4=O)CS[C@H]23)cs1. The Morgan fingerprint density at radius 2 is 1.60 bits per heavy atom. The standard InChI is InChI=1S/C36H30N6O6S2/c37-35-39-26(20-50-35)27(41-48-36(23-10-4-1-5-11-23,24-12-6-2-7-13-24)25-14-8-3-9-15-25)31(44)40-28-32(45)42-29(34(46)47)22(19-49-33(28)42)18-21-16-17-38-30(21)43/h1-15,18,20,28,33H,16-17,19H2,(H2,37,39)(H,38,43)(H,40,44)(H,46,47)/b21-18+,41-27-/t28-,33-/m1/s1. The maximum atomic E-state index is 14.1. The molecule has 0 spiro atoms. The Morgan fingerprint density at radius 3 is 2.10 bits per heavy atom. The van der Waals surface area contributed by atoms with Crippen LogP contribution in [0.5, 0.6) is 0 Å². The third kappa shape index (κ3) is 5.92. The number of nitrogens with zero attached hydrogens (tertiary/aromatic N) is 3. The van der Waals surface area contributed by atoms with Gasteiger partial charge in [0.05, 0.1) is 0 Å². The van der Waals surface area contributed by atoms with Crippen LogP contribution in [-0.4, -0.2) is 68.1 Å². The number of carboxylic acids is 1. The van der Waals surface area contributed by atoms with Crippen molar-refractivity contribution in [2.75, 3.05) is 18.0 Å². The molecular formula is C36H30N6O6S2. The predicted octanol–water partition coefficient (Wildman–Crippen LogP) is 3.62. The molecule has 7 rings (SSSR count). The molecule has 4 heterocycles. The van der Waals surface area contributed by atoms with Crippen molar-refractivity contribution in [1.29, 1.82) is 0 Å². The average Bonchev–Trinajstić information content (AvgIpc) is 3.76. The van der Waals surface area contributed by atoms with Crippen molar-refractivity contribution in [3.8, 4) is 0 Å². The molecule has 14 heteroatoms. The Balaban J connectivity index is 1.24. The summed E-state index contributed by atoms with van der Waals surface area (Å²) in [7, 11) is 0. The molecule has 0 aliphatic carbocycles. The number of nitrogens with one attached hydrogen (secondary N) is 2. The Morgan fingerprint density at radius 1 is 1.00 bits per heavy atom. The highest BCUT2D eigenvalue weighted by Crippen LogP contribution is 2.42. The summed E-state index contributed by atoms with van der Waals surface area (Å²) in [6.45, 7) is 0.467. The number of amides is 3. The van der Waals surface area contributed by atoms with Gasteiger partial charge in [0.1, 0.15) is 22.8 Å². The monoisotopic (exact) mass is 706 g/mol. The zero-order valence-electron chi connectivity index (χ0n) is 26.3. The number of carboxylic acid groups (broad SMARTS) is 1. The minimum Gasteiger partial charge on any atom is -0.477 e. The van der Waals surface area contributed by atoms with E-state index in [1.807, 2.05) is 91.0 Å². The average molecular weight is 707 g/mol. The summed E-state index contributed by atoms with van der Waals surface area (Å²) >= 11 is 2.40. The summed E-state index contributed by atoms with van der Waals surface area (Å²) in [5.41, 5.74) is 7.43. The summed E-state index contributed by atoms with van der Waals surface area (Å²) in [5, 5.41) is 21.1. The van der Waals surface area contributed by atoms with Crippen molar-refractivity contribution >= 4 is 57.6 Å². The van der Waals surface area contributed by atoms with E-state index in [2.05, 4.69) is 20.8 Å². The molecule has 5 N–H and O–H groups in total. The normalized spacial score (nSPS) is 19.9. The highest BCUT2D eigenvalue weighted by atomic mass is 32.2. The van der Waals surface area contributed by atoms with Gasteiger partial charge in [0.25, 0.3) is 11.8 Å². The number of nitrogen functional groups attached to an aromatic ring is 1. The van der Waals surface area contributed by atoms with Crippen LogP contribution in [0.2, 0.25) is 0 Å². The van der Waals surface area contributed by atoms with Gasteiger partial charge in [-0.25, -0.2) is 9.78 Å². The van der Waals surface area contributed by atoms with Crippen LogP contribution in [0.25, 0.3) is 0 Å². The molecule has 2 fully saturated rings. The lowest BCUT2D eigenvalue weighted by Gasteiger charge is -2.49. The number of aliphatic carboxylic acids is 1.